The molecule has 4 heteroatoms. The number of rotatable bonds is 6. The van der Waals surface area contributed by atoms with E-state index in [0.717, 1.165) is 27.8 Å². The van der Waals surface area contributed by atoms with E-state index in [0.29, 0.717) is 17.5 Å². The van der Waals surface area contributed by atoms with Crippen molar-refractivity contribution in [1.29, 1.82) is 0 Å². The summed E-state index contributed by atoms with van der Waals surface area (Å²) in [6.07, 6.45) is 0. The molecule has 0 unspecified atom stereocenters. The molecule has 0 bridgehead atoms. The van der Waals surface area contributed by atoms with E-state index in [4.69, 9.17) is 15.0 Å². The van der Waals surface area contributed by atoms with Crippen molar-refractivity contribution in [2.75, 3.05) is 0 Å². The maximum Gasteiger partial charge on any atom is 0.165 e. The molecule has 0 aliphatic rings. The Labute approximate surface area is 311 Å². The molecule has 0 amide bonds. The number of thiophene rings is 1. The molecule has 0 atom stereocenters. The third kappa shape index (κ3) is 5.66. The number of nitrogens with zero attached hydrogens (tertiary/aromatic N) is 3. The van der Waals surface area contributed by atoms with Gasteiger partial charge < -0.3 is 0 Å². The Morgan fingerprint density at radius 2 is 0.887 bits per heavy atom. The van der Waals surface area contributed by atoms with Gasteiger partial charge in [-0.2, -0.15) is 0 Å². The highest BCUT2D eigenvalue weighted by Gasteiger charge is 2.17. The van der Waals surface area contributed by atoms with E-state index < -0.39 is 0 Å². The molecule has 10 rings (SSSR count). The topological polar surface area (TPSA) is 38.7 Å². The van der Waals surface area contributed by atoms with Crippen LogP contribution < -0.4 is 0 Å². The monoisotopic (exact) mass is 693 g/mol. The van der Waals surface area contributed by atoms with Gasteiger partial charge in [0.05, 0.1) is 0 Å². The van der Waals surface area contributed by atoms with E-state index in [2.05, 4.69) is 170 Å². The molecule has 2 heterocycles. The average molecular weight is 694 g/mol. The molecule has 53 heavy (non-hydrogen) atoms. The summed E-state index contributed by atoms with van der Waals surface area (Å²) in [5.74, 6) is 1.98. The van der Waals surface area contributed by atoms with Crippen LogP contribution in [0.5, 0.6) is 0 Å². The zero-order valence-corrected chi connectivity index (χ0v) is 29.5. The summed E-state index contributed by atoms with van der Waals surface area (Å²) >= 11 is 1.79. The SMILES string of the molecule is c1ccc(-c2nc(-c3ccc(-c4cccc(-c5c(-c6ccccc6)ccc6ccccc56)c4)cc3)nc(-c3cccc4c3sc3ccccc34)n2)cc1. The molecular formula is C49H31N3S. The fourth-order valence-corrected chi connectivity index (χ4v) is 8.58. The van der Waals surface area contributed by atoms with Crippen molar-refractivity contribution in [2.24, 2.45) is 0 Å². The Kier molecular flexibility index (Phi) is 7.67. The van der Waals surface area contributed by atoms with Crippen molar-refractivity contribution in [3.05, 3.63) is 188 Å². The van der Waals surface area contributed by atoms with Crippen LogP contribution in [-0.2, 0) is 0 Å². The molecule has 8 aromatic carbocycles. The maximum atomic E-state index is 5.13. The van der Waals surface area contributed by atoms with Gasteiger partial charge in [-0.3, -0.25) is 0 Å². The molecule has 0 aliphatic heterocycles. The minimum Gasteiger partial charge on any atom is -0.208 e. The van der Waals surface area contributed by atoms with E-state index >= 15 is 0 Å². The molecule has 0 aliphatic carbocycles. The second-order valence-electron chi connectivity index (χ2n) is 13.2. The molecular weight excluding hydrogens is 663 g/mol. The lowest BCUT2D eigenvalue weighted by atomic mass is 9.88. The van der Waals surface area contributed by atoms with Gasteiger partial charge in [-0.1, -0.05) is 170 Å². The number of aromatic nitrogens is 3. The summed E-state index contributed by atoms with van der Waals surface area (Å²) in [5, 5.41) is 4.94. The molecule has 0 spiro atoms. The molecule has 0 radical (unpaired) electrons. The molecule has 3 nitrogen and oxygen atoms in total. The summed E-state index contributed by atoms with van der Waals surface area (Å²) in [5.41, 5.74) is 10.1. The maximum absolute atomic E-state index is 5.13. The predicted octanol–water partition coefficient (Wildman–Crippen LogP) is 13.4. The smallest absolute Gasteiger partial charge is 0.165 e. The van der Waals surface area contributed by atoms with Gasteiger partial charge in [0.15, 0.2) is 17.5 Å². The molecule has 0 N–H and O–H groups in total. The number of hydrogen-bond acceptors (Lipinski definition) is 4. The van der Waals surface area contributed by atoms with Crippen molar-refractivity contribution < 1.29 is 0 Å². The van der Waals surface area contributed by atoms with Crippen molar-refractivity contribution in [2.45, 2.75) is 0 Å². The summed E-state index contributed by atoms with van der Waals surface area (Å²) < 4.78 is 2.44. The number of benzene rings is 8. The third-order valence-corrected chi connectivity index (χ3v) is 11.2. The van der Waals surface area contributed by atoms with Gasteiger partial charge in [0, 0.05) is 36.9 Å². The van der Waals surface area contributed by atoms with E-state index in [1.165, 1.54) is 53.2 Å². The van der Waals surface area contributed by atoms with E-state index in [1.807, 2.05) is 18.2 Å². The van der Waals surface area contributed by atoms with E-state index in [-0.39, 0.29) is 0 Å². The summed E-state index contributed by atoms with van der Waals surface area (Å²) in [7, 11) is 0. The van der Waals surface area contributed by atoms with Crippen LogP contribution in [0.15, 0.2) is 188 Å². The van der Waals surface area contributed by atoms with Crippen LogP contribution in [0.1, 0.15) is 0 Å². The average Bonchev–Trinajstić information content (AvgIpc) is 3.63. The summed E-state index contributed by atoms with van der Waals surface area (Å²) in [4.78, 5) is 15.2. The van der Waals surface area contributed by atoms with Gasteiger partial charge in [0.2, 0.25) is 0 Å². The van der Waals surface area contributed by atoms with Crippen LogP contribution in [-0.4, -0.2) is 15.0 Å². The summed E-state index contributed by atoms with van der Waals surface area (Å²) in [6.45, 7) is 0. The van der Waals surface area contributed by atoms with Crippen LogP contribution in [0.2, 0.25) is 0 Å². The van der Waals surface area contributed by atoms with Gasteiger partial charge >= 0.3 is 0 Å². The lowest BCUT2D eigenvalue weighted by Gasteiger charge is -2.15. The van der Waals surface area contributed by atoms with E-state index in [9.17, 15) is 0 Å². The third-order valence-electron chi connectivity index (χ3n) is 9.95. The Balaban J connectivity index is 1.07. The zero-order valence-electron chi connectivity index (χ0n) is 28.6. The van der Waals surface area contributed by atoms with Crippen molar-refractivity contribution in [3.63, 3.8) is 0 Å². The Morgan fingerprint density at radius 3 is 1.68 bits per heavy atom. The van der Waals surface area contributed by atoms with Gasteiger partial charge in [0.25, 0.3) is 0 Å². The first-order chi connectivity index (χ1) is 26.3. The minimum atomic E-state index is 0.649. The first-order valence-corrected chi connectivity index (χ1v) is 18.6. The second kappa shape index (κ2) is 13.1. The van der Waals surface area contributed by atoms with Crippen molar-refractivity contribution in [3.8, 4) is 67.5 Å². The molecule has 248 valence electrons. The highest BCUT2D eigenvalue weighted by molar-refractivity contribution is 7.26. The normalized spacial score (nSPS) is 11.4. The standard InChI is InChI=1S/C49H31N3S/c1-3-13-33(14-4-1)40-30-29-34-15-7-8-20-39(34)45(40)38-19-11-18-37(31-38)32-25-27-36(28-26-32)48-50-47(35-16-5-2-6-17-35)51-49(52-48)43-23-12-22-42-41-21-9-10-24-44(41)53-46(42)43/h1-31H. The minimum absolute atomic E-state index is 0.649. The largest absolute Gasteiger partial charge is 0.208 e. The highest BCUT2D eigenvalue weighted by atomic mass is 32.1. The first-order valence-electron chi connectivity index (χ1n) is 17.8. The Morgan fingerprint density at radius 1 is 0.321 bits per heavy atom. The number of fused-ring (bicyclic) bond motifs is 4. The highest BCUT2D eigenvalue weighted by Crippen LogP contribution is 2.41. The fourth-order valence-electron chi connectivity index (χ4n) is 7.37. The van der Waals surface area contributed by atoms with Gasteiger partial charge in [-0.25, -0.2) is 15.0 Å². The predicted molar refractivity (Wildman–Crippen MR) is 223 cm³/mol. The quantitative estimate of drug-likeness (QED) is 0.174. The summed E-state index contributed by atoms with van der Waals surface area (Å²) in [6, 6.07) is 66.4. The molecule has 0 saturated heterocycles. The van der Waals surface area contributed by atoms with Gasteiger partial charge in [0.1, 0.15) is 0 Å². The molecule has 0 saturated carbocycles. The van der Waals surface area contributed by atoms with Crippen molar-refractivity contribution in [1.82, 2.24) is 15.0 Å². The van der Waals surface area contributed by atoms with Gasteiger partial charge in [-0.05, 0) is 62.4 Å². The Bertz CT molecular complexity index is 2930. The second-order valence-corrected chi connectivity index (χ2v) is 14.2. The fraction of sp³-hybridized carbons (Fsp3) is 0. The molecule has 2 aromatic heterocycles. The Hall–Kier alpha value is -6.75. The van der Waals surface area contributed by atoms with E-state index in [1.54, 1.807) is 11.3 Å². The first kappa shape index (κ1) is 31.0. The van der Waals surface area contributed by atoms with Crippen LogP contribution in [0.25, 0.3) is 98.5 Å². The number of hydrogen-bond donors (Lipinski definition) is 0. The zero-order chi connectivity index (χ0) is 35.1. The van der Waals surface area contributed by atoms with Crippen LogP contribution in [0.4, 0.5) is 0 Å². The van der Waals surface area contributed by atoms with Crippen LogP contribution in [0.3, 0.4) is 0 Å². The molecule has 10 aromatic rings. The van der Waals surface area contributed by atoms with Crippen LogP contribution >= 0.6 is 11.3 Å². The lowest BCUT2D eigenvalue weighted by Crippen LogP contribution is -2.00. The van der Waals surface area contributed by atoms with Gasteiger partial charge in [-0.15, -0.1) is 11.3 Å². The van der Waals surface area contributed by atoms with Crippen molar-refractivity contribution >= 4 is 42.3 Å². The lowest BCUT2D eigenvalue weighted by molar-refractivity contribution is 1.08. The molecule has 0 fully saturated rings. The van der Waals surface area contributed by atoms with Crippen LogP contribution in [0, 0.1) is 0 Å².